The molecule has 1 aliphatic carbocycles. The fraction of sp³-hybridized carbons (Fsp3) is 0.917. The molecule has 0 aromatic carbocycles. The van der Waals surface area contributed by atoms with Gasteiger partial charge in [-0.2, -0.15) is 0 Å². The van der Waals surface area contributed by atoms with Gasteiger partial charge < -0.3 is 10.5 Å². The number of nitrogens with one attached hydrogen (secondary N) is 1. The van der Waals surface area contributed by atoms with Crippen molar-refractivity contribution < 1.29 is 17.9 Å². The van der Waals surface area contributed by atoms with Crippen molar-refractivity contribution in [2.45, 2.75) is 50.3 Å². The minimum absolute atomic E-state index is 0.196. The SMILES string of the molecule is COC(=O)C1CCCCC1S(=O)(=O)NC(C)(C)CN. The molecule has 6 nitrogen and oxygen atoms in total. The predicted molar refractivity (Wildman–Crippen MR) is 73.0 cm³/mol. The number of methoxy groups -OCH3 is 1. The Balaban J connectivity index is 2.93. The van der Waals surface area contributed by atoms with Gasteiger partial charge in [-0.15, -0.1) is 0 Å². The predicted octanol–water partition coefficient (Wildman–Crippen LogP) is 0.375. The number of hydrogen-bond donors (Lipinski definition) is 2. The highest BCUT2D eigenvalue weighted by Gasteiger charge is 2.41. The van der Waals surface area contributed by atoms with Crippen molar-refractivity contribution in [1.82, 2.24) is 4.72 Å². The summed E-state index contributed by atoms with van der Waals surface area (Å²) in [6.07, 6.45) is 2.70. The van der Waals surface area contributed by atoms with Crippen LogP contribution in [0.2, 0.25) is 0 Å². The van der Waals surface area contributed by atoms with Gasteiger partial charge in [-0.1, -0.05) is 12.8 Å². The molecule has 1 saturated carbocycles. The minimum Gasteiger partial charge on any atom is -0.469 e. The number of ether oxygens (including phenoxy) is 1. The number of carbonyl (C=O) groups is 1. The van der Waals surface area contributed by atoms with Gasteiger partial charge >= 0.3 is 5.97 Å². The first-order valence-electron chi connectivity index (χ1n) is 6.54. The van der Waals surface area contributed by atoms with Gasteiger partial charge in [0.25, 0.3) is 0 Å². The van der Waals surface area contributed by atoms with Crippen molar-refractivity contribution in [1.29, 1.82) is 0 Å². The number of sulfonamides is 1. The van der Waals surface area contributed by atoms with E-state index in [1.807, 2.05) is 0 Å². The van der Waals surface area contributed by atoms with Crippen LogP contribution < -0.4 is 10.5 Å². The molecule has 3 N–H and O–H groups in total. The second-order valence-electron chi connectivity index (χ2n) is 5.69. The first-order chi connectivity index (χ1) is 8.73. The third-order valence-corrected chi connectivity index (χ3v) is 5.73. The van der Waals surface area contributed by atoms with Crippen LogP contribution in [0.25, 0.3) is 0 Å². The maximum absolute atomic E-state index is 12.4. The van der Waals surface area contributed by atoms with Crippen LogP contribution in [-0.2, 0) is 19.6 Å². The Morgan fingerprint density at radius 2 is 1.95 bits per heavy atom. The fourth-order valence-electron chi connectivity index (χ4n) is 2.39. The minimum atomic E-state index is -3.59. The number of rotatable bonds is 5. The first kappa shape index (κ1) is 16.4. The number of hydrogen-bond acceptors (Lipinski definition) is 5. The summed E-state index contributed by atoms with van der Waals surface area (Å²) in [5.74, 6) is -1.02. The first-order valence-corrected chi connectivity index (χ1v) is 8.09. The van der Waals surface area contributed by atoms with Gasteiger partial charge in [-0.25, -0.2) is 13.1 Å². The Hall–Kier alpha value is -0.660. The van der Waals surface area contributed by atoms with Gasteiger partial charge in [0.05, 0.1) is 18.3 Å². The molecule has 0 saturated heterocycles. The second-order valence-corrected chi connectivity index (χ2v) is 7.59. The second kappa shape index (κ2) is 6.19. The number of esters is 1. The van der Waals surface area contributed by atoms with Crippen molar-refractivity contribution in [3.8, 4) is 0 Å². The summed E-state index contributed by atoms with van der Waals surface area (Å²) in [5.41, 5.74) is 4.83. The van der Waals surface area contributed by atoms with Crippen molar-refractivity contribution in [2.75, 3.05) is 13.7 Å². The Labute approximate surface area is 115 Å². The van der Waals surface area contributed by atoms with Crippen LogP contribution in [0.4, 0.5) is 0 Å². The molecule has 112 valence electrons. The number of carbonyl (C=O) groups excluding carboxylic acids is 1. The van der Waals surface area contributed by atoms with Gasteiger partial charge in [-0.3, -0.25) is 4.79 Å². The summed E-state index contributed by atoms with van der Waals surface area (Å²) in [6.45, 7) is 3.64. The van der Waals surface area contributed by atoms with Gasteiger partial charge in [0.15, 0.2) is 0 Å². The Morgan fingerprint density at radius 3 is 2.47 bits per heavy atom. The molecule has 7 heteroatoms. The summed E-state index contributed by atoms with van der Waals surface area (Å²) >= 11 is 0. The standard InChI is InChI=1S/C12H24N2O4S/c1-12(2,8-13)14-19(16,17)10-7-5-4-6-9(10)11(15)18-3/h9-10,14H,4-8,13H2,1-3H3. The zero-order chi connectivity index (χ0) is 14.7. The molecule has 0 aromatic heterocycles. The molecule has 0 radical (unpaired) electrons. The summed E-state index contributed by atoms with van der Waals surface area (Å²) in [7, 11) is -2.30. The van der Waals surface area contributed by atoms with Gasteiger partial charge in [-0.05, 0) is 26.7 Å². The largest absolute Gasteiger partial charge is 0.469 e. The summed E-state index contributed by atoms with van der Waals surface area (Å²) < 4.78 is 32.1. The van der Waals surface area contributed by atoms with Crippen LogP contribution in [-0.4, -0.2) is 38.8 Å². The van der Waals surface area contributed by atoms with E-state index in [1.54, 1.807) is 13.8 Å². The highest BCUT2D eigenvalue weighted by molar-refractivity contribution is 7.90. The molecule has 0 aliphatic heterocycles. The van der Waals surface area contributed by atoms with Crippen molar-refractivity contribution >= 4 is 16.0 Å². The third kappa shape index (κ3) is 4.15. The van der Waals surface area contributed by atoms with Crippen LogP contribution in [0.3, 0.4) is 0 Å². The molecule has 2 atom stereocenters. The molecule has 0 amide bonds. The van der Waals surface area contributed by atoms with Gasteiger partial charge in [0.2, 0.25) is 10.0 Å². The molecule has 0 bridgehead atoms. The summed E-state index contributed by atoms with van der Waals surface area (Å²) in [4.78, 5) is 11.7. The van der Waals surface area contributed by atoms with E-state index in [9.17, 15) is 13.2 Å². The van der Waals surface area contributed by atoms with Crippen LogP contribution in [0.5, 0.6) is 0 Å². The van der Waals surface area contributed by atoms with E-state index < -0.39 is 32.7 Å². The van der Waals surface area contributed by atoms with E-state index in [1.165, 1.54) is 7.11 Å². The van der Waals surface area contributed by atoms with Gasteiger partial charge in [0, 0.05) is 12.1 Å². The van der Waals surface area contributed by atoms with Crippen LogP contribution in [0.1, 0.15) is 39.5 Å². The molecule has 19 heavy (non-hydrogen) atoms. The molecule has 0 aromatic rings. The van der Waals surface area contributed by atoms with E-state index in [2.05, 4.69) is 4.72 Å². The monoisotopic (exact) mass is 292 g/mol. The average Bonchev–Trinajstić information content (AvgIpc) is 2.36. The molecule has 0 spiro atoms. The lowest BCUT2D eigenvalue weighted by molar-refractivity contribution is -0.146. The maximum Gasteiger partial charge on any atom is 0.310 e. The van der Waals surface area contributed by atoms with Crippen molar-refractivity contribution in [3.05, 3.63) is 0 Å². The zero-order valence-electron chi connectivity index (χ0n) is 11.8. The van der Waals surface area contributed by atoms with E-state index in [0.29, 0.717) is 12.8 Å². The Kier molecular flexibility index (Phi) is 5.34. The third-order valence-electron chi connectivity index (χ3n) is 3.53. The quantitative estimate of drug-likeness (QED) is 0.714. The topological polar surface area (TPSA) is 98.5 Å². The molecule has 1 aliphatic rings. The molecule has 1 fully saturated rings. The Morgan fingerprint density at radius 1 is 1.37 bits per heavy atom. The lowest BCUT2D eigenvalue weighted by atomic mass is 9.89. The fourth-order valence-corrected chi connectivity index (χ4v) is 4.55. The van der Waals surface area contributed by atoms with E-state index in [4.69, 9.17) is 10.5 Å². The molecule has 1 rings (SSSR count). The average molecular weight is 292 g/mol. The number of nitrogens with two attached hydrogens (primary N) is 1. The lowest BCUT2D eigenvalue weighted by Gasteiger charge is -2.33. The van der Waals surface area contributed by atoms with Crippen LogP contribution in [0.15, 0.2) is 0 Å². The normalized spacial score (nSPS) is 25.1. The molecule has 0 heterocycles. The lowest BCUT2D eigenvalue weighted by Crippen LogP contribution is -2.54. The molecular formula is C12H24N2O4S. The summed E-state index contributed by atoms with van der Waals surface area (Å²) in [5, 5.41) is -0.723. The zero-order valence-corrected chi connectivity index (χ0v) is 12.6. The van der Waals surface area contributed by atoms with Crippen molar-refractivity contribution in [2.24, 2.45) is 11.7 Å². The molecular weight excluding hydrogens is 268 g/mol. The highest BCUT2D eigenvalue weighted by atomic mass is 32.2. The smallest absolute Gasteiger partial charge is 0.310 e. The van der Waals surface area contributed by atoms with E-state index in [0.717, 1.165) is 12.8 Å². The van der Waals surface area contributed by atoms with E-state index in [-0.39, 0.29) is 6.54 Å². The van der Waals surface area contributed by atoms with Crippen LogP contribution >= 0.6 is 0 Å². The van der Waals surface area contributed by atoms with E-state index >= 15 is 0 Å². The molecule has 2 unspecified atom stereocenters. The summed E-state index contributed by atoms with van der Waals surface area (Å²) in [6, 6.07) is 0. The van der Waals surface area contributed by atoms with Gasteiger partial charge in [0.1, 0.15) is 0 Å². The highest BCUT2D eigenvalue weighted by Crippen LogP contribution is 2.30. The van der Waals surface area contributed by atoms with Crippen molar-refractivity contribution in [3.63, 3.8) is 0 Å². The van der Waals surface area contributed by atoms with Crippen LogP contribution in [0, 0.1) is 5.92 Å². The maximum atomic E-state index is 12.4. The Bertz CT molecular complexity index is 419.